The van der Waals surface area contributed by atoms with Crippen LogP contribution in [0.3, 0.4) is 0 Å². The van der Waals surface area contributed by atoms with Gasteiger partial charge in [-0.05, 0) is 91.8 Å². The Morgan fingerprint density at radius 1 is 0.512 bits per heavy atom. The van der Waals surface area contributed by atoms with E-state index in [0.29, 0.717) is 43.1 Å². The lowest BCUT2D eigenvalue weighted by Gasteiger charge is -2.62. The maximum Gasteiger partial charge on any atom is 0.187 e. The fraction of sp³-hybridized carbons (Fsp3) is 0.964. The Bertz CT molecular complexity index is 2230. The maximum absolute atomic E-state index is 12.1. The second kappa shape index (κ2) is 25.0. The van der Waals surface area contributed by atoms with Crippen molar-refractivity contribution in [1.29, 1.82) is 0 Å². The molecule has 11 fully saturated rings. The molecule has 36 atom stereocenters. The zero-order valence-electron chi connectivity index (χ0n) is 47.4. The van der Waals surface area contributed by atoms with Crippen molar-refractivity contribution in [2.24, 2.45) is 46.3 Å². The van der Waals surface area contributed by atoms with Crippen LogP contribution >= 0.6 is 0 Å². The second-order valence-electron chi connectivity index (χ2n) is 26.4. The molecule has 0 aromatic carbocycles. The second-order valence-corrected chi connectivity index (χ2v) is 26.4. The quantitative estimate of drug-likeness (QED) is 0.0570. The number of aliphatic hydroxyl groups excluding tert-OH is 16. The SMILES string of the molecule is C=C1CC[C@@]2(OC1)OC1CC3C4CC[C@H]5C[C@@H](O[C@@H]6O[C@H](CO)[C@H](O[C@@H]7O[C@H](CO)[C@@H](O)[C@H](O[C@@H]8OC[C@@H](O)[C@H](O)[C@H]8O)[C@H]7O[C@@H]7O[C@H](CO)[C@@H](O)[C@H](O[C@@H]8O[C@H](CO)[C@@H](O)[C@H](O)[C@H]8O)[C@H]7O)[C@H](O)[C@H]6O)[C@H](O)C[C@]5(C)C4CC[C@]3(C)C1C2C. The molecule has 1 spiro atoms. The summed E-state index contributed by atoms with van der Waals surface area (Å²) < 4.78 is 72.9. The van der Waals surface area contributed by atoms with Crippen LogP contribution in [-0.2, 0) is 56.8 Å². The van der Waals surface area contributed by atoms with Crippen molar-refractivity contribution in [1.82, 2.24) is 0 Å². The summed E-state index contributed by atoms with van der Waals surface area (Å²) in [4.78, 5) is 0. The average Bonchev–Trinajstić information content (AvgIpc) is 1.56. The molecule has 16 N–H and O–H groups in total. The Balaban J connectivity index is 0.793. The van der Waals surface area contributed by atoms with Gasteiger partial charge in [0.1, 0.15) is 116 Å². The molecular weight excluding hydrogens is 1120 g/mol. The summed E-state index contributed by atoms with van der Waals surface area (Å²) in [6.45, 7) is 7.39. The zero-order chi connectivity index (χ0) is 60.2. The minimum atomic E-state index is -2.20. The summed E-state index contributed by atoms with van der Waals surface area (Å²) in [6.07, 6.45) is -39.4. The zero-order valence-corrected chi connectivity index (χ0v) is 47.4. The molecule has 28 heteroatoms. The average molecular weight is 1210 g/mol. The van der Waals surface area contributed by atoms with Gasteiger partial charge in [0.15, 0.2) is 37.2 Å². The first-order valence-electron chi connectivity index (χ1n) is 30.0. The summed E-state index contributed by atoms with van der Waals surface area (Å²) in [5, 5.41) is 176. The van der Waals surface area contributed by atoms with E-state index >= 15 is 0 Å². The van der Waals surface area contributed by atoms with Crippen LogP contribution < -0.4 is 0 Å². The van der Waals surface area contributed by atoms with Crippen LogP contribution in [0.5, 0.6) is 0 Å². The van der Waals surface area contributed by atoms with Gasteiger partial charge in [-0.25, -0.2) is 0 Å². The van der Waals surface area contributed by atoms with E-state index in [1.165, 1.54) is 0 Å². The number of aliphatic hydroxyl groups is 16. The van der Waals surface area contributed by atoms with Crippen LogP contribution in [0, 0.1) is 46.3 Å². The van der Waals surface area contributed by atoms with E-state index in [2.05, 4.69) is 27.4 Å². The van der Waals surface area contributed by atoms with Crippen LogP contribution in [-0.4, -0.2) is 293 Å². The Morgan fingerprint density at radius 3 is 1.75 bits per heavy atom. The number of fused-ring (bicyclic) bond motifs is 7. The van der Waals surface area contributed by atoms with E-state index in [-0.39, 0.29) is 28.8 Å². The smallest absolute Gasteiger partial charge is 0.187 e. The van der Waals surface area contributed by atoms with E-state index in [1.54, 1.807) is 0 Å². The van der Waals surface area contributed by atoms with Crippen LogP contribution in [0.2, 0.25) is 0 Å². The summed E-state index contributed by atoms with van der Waals surface area (Å²) in [5.41, 5.74) is 0.936. The van der Waals surface area contributed by atoms with Crippen LogP contribution in [0.4, 0.5) is 0 Å². The first-order chi connectivity index (χ1) is 39.9. The van der Waals surface area contributed by atoms with E-state index < -0.39 is 198 Å². The predicted molar refractivity (Wildman–Crippen MR) is 276 cm³/mol. The van der Waals surface area contributed by atoms with Crippen LogP contribution in [0.25, 0.3) is 0 Å². The van der Waals surface area contributed by atoms with E-state index in [1.807, 2.05) is 0 Å². The molecule has 7 aliphatic heterocycles. The minimum absolute atomic E-state index is 0.0782. The molecular formula is C56H90O28. The normalized spacial score (nSPS) is 56.8. The largest absolute Gasteiger partial charge is 0.394 e. The molecule has 7 heterocycles. The molecule has 7 saturated heterocycles. The van der Waals surface area contributed by atoms with Crippen molar-refractivity contribution in [2.75, 3.05) is 39.6 Å². The van der Waals surface area contributed by atoms with E-state index in [9.17, 15) is 81.7 Å². The molecule has 0 bridgehead atoms. The summed E-state index contributed by atoms with van der Waals surface area (Å²) in [7, 11) is 0. The predicted octanol–water partition coefficient (Wildman–Crippen LogP) is -5.56. The number of rotatable bonds is 14. The first kappa shape index (κ1) is 64.2. The molecule has 28 nitrogen and oxygen atoms in total. The molecule has 84 heavy (non-hydrogen) atoms. The highest BCUT2D eigenvalue weighted by molar-refractivity contribution is 5.17. The van der Waals surface area contributed by atoms with Gasteiger partial charge in [0.25, 0.3) is 0 Å². The third-order valence-electron chi connectivity index (χ3n) is 21.9. The summed E-state index contributed by atoms with van der Waals surface area (Å²) in [5.74, 6) is 1.40. The molecule has 11 aliphatic rings. The van der Waals surface area contributed by atoms with Crippen molar-refractivity contribution in [3.8, 4) is 0 Å². The molecule has 4 aliphatic carbocycles. The highest BCUT2D eigenvalue weighted by Crippen LogP contribution is 2.71. The Morgan fingerprint density at radius 2 is 1.08 bits per heavy atom. The molecule has 482 valence electrons. The van der Waals surface area contributed by atoms with Gasteiger partial charge in [-0.1, -0.05) is 32.9 Å². The molecule has 0 radical (unpaired) electrons. The van der Waals surface area contributed by atoms with E-state index in [4.69, 9.17) is 56.8 Å². The Kier molecular flexibility index (Phi) is 19.1. The fourth-order valence-corrected chi connectivity index (χ4v) is 17.2. The number of hydrogen-bond donors (Lipinski definition) is 16. The lowest BCUT2D eigenvalue weighted by molar-refractivity contribution is -0.410. The lowest BCUT2D eigenvalue weighted by atomic mass is 9.44. The summed E-state index contributed by atoms with van der Waals surface area (Å²) >= 11 is 0. The molecule has 11 rings (SSSR count). The Hall–Kier alpha value is -1.38. The summed E-state index contributed by atoms with van der Waals surface area (Å²) in [6, 6.07) is 0. The van der Waals surface area contributed by atoms with Gasteiger partial charge in [-0.15, -0.1) is 0 Å². The van der Waals surface area contributed by atoms with Gasteiger partial charge in [-0.2, -0.15) is 0 Å². The lowest BCUT2D eigenvalue weighted by Crippen LogP contribution is -2.69. The highest BCUT2D eigenvalue weighted by Gasteiger charge is 2.70. The molecule has 6 unspecified atom stereocenters. The van der Waals surface area contributed by atoms with Gasteiger partial charge in [0.05, 0.1) is 58.0 Å². The Labute approximate surface area is 485 Å². The van der Waals surface area contributed by atoms with Gasteiger partial charge < -0.3 is 139 Å². The highest BCUT2D eigenvalue weighted by atomic mass is 16.8. The van der Waals surface area contributed by atoms with Crippen LogP contribution in [0.1, 0.15) is 78.6 Å². The topological polar surface area (TPSA) is 434 Å². The third kappa shape index (κ3) is 11.1. The van der Waals surface area contributed by atoms with Gasteiger partial charge in [-0.3, -0.25) is 0 Å². The monoisotopic (exact) mass is 1210 g/mol. The van der Waals surface area contributed by atoms with Crippen molar-refractivity contribution >= 4 is 0 Å². The van der Waals surface area contributed by atoms with Gasteiger partial charge in [0.2, 0.25) is 0 Å². The van der Waals surface area contributed by atoms with Gasteiger partial charge >= 0.3 is 0 Å². The molecule has 4 saturated carbocycles. The minimum Gasteiger partial charge on any atom is -0.394 e. The van der Waals surface area contributed by atoms with Crippen molar-refractivity contribution in [3.05, 3.63) is 12.2 Å². The maximum atomic E-state index is 12.1. The van der Waals surface area contributed by atoms with Crippen LogP contribution in [0.15, 0.2) is 12.2 Å². The fourth-order valence-electron chi connectivity index (χ4n) is 17.2. The molecule has 0 aromatic heterocycles. The number of hydrogen-bond acceptors (Lipinski definition) is 28. The van der Waals surface area contributed by atoms with Crippen molar-refractivity contribution in [2.45, 2.75) is 250 Å². The van der Waals surface area contributed by atoms with E-state index in [0.717, 1.165) is 50.5 Å². The standard InChI is InChI=1S/C56H90O28/c1-20-7-10-56(74-18-20)21(2)34-29(84-56)12-25-23-6-5-22-11-28(26(61)13-55(22,4)24(23)8-9-54(25,34)3)75-50-43(71)40(68)45(33(17-60)79-50)80-53-48(47(38(66)32(16-59)78-53)82-49-41(69)35(63)27(62)19-73-49)83-52-44(72)46(37(65)31(15-58)77-52)81-51-42(70)39(67)36(64)30(14-57)76-51/h21-53,57-72H,1,5-19H2,2-4H3/t21?,22-,23?,24?,25?,26+,27+,28+,29?,30+,31+,32+,33+,34?,35-,36+,37+,38+,39-,40+,41+,42+,43+,44+,45-,46-,47-,48+,49-,50+,51-,52-,53-,54-,55-,56+/m0/s1. The van der Waals surface area contributed by atoms with Crippen molar-refractivity contribution in [3.63, 3.8) is 0 Å². The third-order valence-corrected chi connectivity index (χ3v) is 21.9. The molecule has 0 aromatic rings. The molecule has 0 amide bonds. The first-order valence-corrected chi connectivity index (χ1v) is 30.0. The van der Waals surface area contributed by atoms with Gasteiger partial charge in [0, 0.05) is 12.3 Å². The number of ether oxygens (including phenoxy) is 12. The van der Waals surface area contributed by atoms with Crippen molar-refractivity contribution < 1.29 is 139 Å².